The second-order valence-corrected chi connectivity index (χ2v) is 10.0. The highest BCUT2D eigenvalue weighted by atomic mass is 32.2. The number of rotatable bonds is 7. The van der Waals surface area contributed by atoms with Gasteiger partial charge in [0.1, 0.15) is 0 Å². The van der Waals surface area contributed by atoms with Crippen molar-refractivity contribution in [2.24, 2.45) is 0 Å². The van der Waals surface area contributed by atoms with Gasteiger partial charge in [-0.25, -0.2) is 8.42 Å². The molecule has 1 aliphatic heterocycles. The van der Waals surface area contributed by atoms with E-state index in [0.29, 0.717) is 26.1 Å². The number of aryl methyl sites for hydroxylation is 1. The Kier molecular flexibility index (Phi) is 6.43. The molecule has 2 aromatic rings. The van der Waals surface area contributed by atoms with Crippen molar-refractivity contribution in [1.29, 1.82) is 0 Å². The van der Waals surface area contributed by atoms with Gasteiger partial charge in [-0.15, -0.1) is 0 Å². The van der Waals surface area contributed by atoms with Crippen molar-refractivity contribution in [3.05, 3.63) is 47.3 Å². The molecule has 1 aliphatic rings. The molecule has 7 nitrogen and oxygen atoms in total. The lowest BCUT2D eigenvalue weighted by Gasteiger charge is -2.24. The van der Waals surface area contributed by atoms with Crippen LogP contribution in [0.5, 0.6) is 0 Å². The van der Waals surface area contributed by atoms with E-state index in [2.05, 4.69) is 5.10 Å². The molecule has 0 bridgehead atoms. The molecule has 158 valence electrons. The summed E-state index contributed by atoms with van der Waals surface area (Å²) in [6, 6.07) is 9.59. The summed E-state index contributed by atoms with van der Waals surface area (Å²) < 4.78 is 25.5. The zero-order valence-electron chi connectivity index (χ0n) is 17.6. The van der Waals surface area contributed by atoms with Crippen molar-refractivity contribution in [2.75, 3.05) is 36.5 Å². The molecule has 0 saturated carbocycles. The maximum atomic E-state index is 12.8. The summed E-state index contributed by atoms with van der Waals surface area (Å²) in [7, 11) is -1.04. The number of nitrogens with zero attached hydrogens (tertiary/aromatic N) is 4. The molecule has 0 N–H and O–H groups in total. The zero-order valence-corrected chi connectivity index (χ0v) is 18.4. The predicted octanol–water partition coefficient (Wildman–Crippen LogP) is 2.34. The third-order valence-corrected chi connectivity index (χ3v) is 7.30. The van der Waals surface area contributed by atoms with Crippen LogP contribution in [0.25, 0.3) is 0 Å². The molecule has 1 aromatic heterocycles. The number of hydrogen-bond acceptors (Lipinski definition) is 5. The summed E-state index contributed by atoms with van der Waals surface area (Å²) in [6.07, 6.45) is 0.612. The summed E-state index contributed by atoms with van der Waals surface area (Å²) in [5, 5.41) is 4.62. The van der Waals surface area contributed by atoms with Gasteiger partial charge in [0.25, 0.3) is 0 Å². The Labute approximate surface area is 173 Å². The Hall–Kier alpha value is -2.19. The van der Waals surface area contributed by atoms with Crippen LogP contribution in [-0.2, 0) is 21.2 Å². The van der Waals surface area contributed by atoms with Crippen molar-refractivity contribution < 1.29 is 13.2 Å². The van der Waals surface area contributed by atoms with Crippen LogP contribution < -0.4 is 4.90 Å². The molecular weight excluding hydrogens is 388 g/mol. The first-order valence-electron chi connectivity index (χ1n) is 10.0. The average Bonchev–Trinajstić information content (AvgIpc) is 3.16. The first-order chi connectivity index (χ1) is 13.7. The molecule has 1 saturated heterocycles. The van der Waals surface area contributed by atoms with Crippen LogP contribution >= 0.6 is 0 Å². The number of anilines is 1. The summed E-state index contributed by atoms with van der Waals surface area (Å²) in [6.45, 7) is 7.40. The minimum absolute atomic E-state index is 0.0470. The van der Waals surface area contributed by atoms with Gasteiger partial charge in [-0.2, -0.15) is 5.10 Å². The molecule has 0 aliphatic carbocycles. The smallest absolute Gasteiger partial charge is 0.241 e. The number of hydrogen-bond donors (Lipinski definition) is 0. The van der Waals surface area contributed by atoms with Crippen molar-refractivity contribution in [3.63, 3.8) is 0 Å². The van der Waals surface area contributed by atoms with Crippen molar-refractivity contribution in [2.45, 2.75) is 39.8 Å². The molecule has 1 atom stereocenters. The molecule has 1 fully saturated rings. The fourth-order valence-electron chi connectivity index (χ4n) is 4.00. The van der Waals surface area contributed by atoms with Gasteiger partial charge in [-0.05, 0) is 46.4 Å². The maximum absolute atomic E-state index is 12.8. The molecule has 8 heteroatoms. The van der Waals surface area contributed by atoms with Gasteiger partial charge in [-0.1, -0.05) is 18.2 Å². The normalized spacial score (nSPS) is 18.3. The molecular formula is C21H30N4O3S. The number of amides is 1. The third kappa shape index (κ3) is 4.87. The topological polar surface area (TPSA) is 75.5 Å². The van der Waals surface area contributed by atoms with Crippen LogP contribution in [0, 0.1) is 13.8 Å². The number of carbonyl (C=O) groups is 1. The second kappa shape index (κ2) is 8.67. The van der Waals surface area contributed by atoms with Crippen LogP contribution in [0.4, 0.5) is 5.69 Å². The molecule has 0 unspecified atom stereocenters. The lowest BCUT2D eigenvalue weighted by Crippen LogP contribution is -2.38. The van der Waals surface area contributed by atoms with Crippen molar-refractivity contribution >= 4 is 21.4 Å². The maximum Gasteiger partial charge on any atom is 0.241 e. The van der Waals surface area contributed by atoms with E-state index < -0.39 is 9.84 Å². The van der Waals surface area contributed by atoms with E-state index >= 15 is 0 Å². The van der Waals surface area contributed by atoms with E-state index in [1.807, 2.05) is 67.7 Å². The highest BCUT2D eigenvalue weighted by molar-refractivity contribution is 7.91. The summed E-state index contributed by atoms with van der Waals surface area (Å²) in [4.78, 5) is 16.6. The first-order valence-corrected chi connectivity index (χ1v) is 11.8. The number of carbonyl (C=O) groups excluding carboxylic acids is 1. The largest absolute Gasteiger partial charge is 0.312 e. The fraction of sp³-hybridized carbons (Fsp3) is 0.524. The number of para-hydroxylation sites is 1. The third-order valence-electron chi connectivity index (χ3n) is 5.55. The fourth-order valence-corrected chi connectivity index (χ4v) is 5.69. The Bertz CT molecular complexity index is 969. The van der Waals surface area contributed by atoms with Crippen molar-refractivity contribution in [3.8, 4) is 0 Å². The monoisotopic (exact) mass is 418 g/mol. The SMILES string of the molecule is CCN(C(=O)CN(C)Cc1c(C)nn([C@@H]2CCS(=O)(=O)C2)c1C)c1ccccc1. The van der Waals surface area contributed by atoms with Gasteiger partial charge in [-0.3, -0.25) is 14.4 Å². The number of aromatic nitrogens is 2. The Morgan fingerprint density at radius 3 is 2.52 bits per heavy atom. The molecule has 1 amide bonds. The molecule has 29 heavy (non-hydrogen) atoms. The Balaban J connectivity index is 1.69. The molecule has 0 spiro atoms. The van der Waals surface area contributed by atoms with Crippen LogP contribution in [-0.4, -0.2) is 60.6 Å². The van der Waals surface area contributed by atoms with E-state index in [-0.39, 0.29) is 23.5 Å². The van der Waals surface area contributed by atoms with E-state index in [1.165, 1.54) is 0 Å². The standard InChI is InChI=1S/C21H30N4O3S/c1-5-24(18-9-7-6-8-10-18)21(26)14-23(4)13-20-16(2)22-25(17(20)3)19-11-12-29(27,28)15-19/h6-10,19H,5,11-15H2,1-4H3/t19-/m1/s1. The lowest BCUT2D eigenvalue weighted by atomic mass is 10.1. The summed E-state index contributed by atoms with van der Waals surface area (Å²) in [5.41, 5.74) is 3.84. The zero-order chi connectivity index (χ0) is 21.2. The second-order valence-electron chi connectivity index (χ2n) is 7.80. The van der Waals surface area contributed by atoms with E-state index in [9.17, 15) is 13.2 Å². The minimum Gasteiger partial charge on any atom is -0.312 e. The molecule has 1 aromatic carbocycles. The summed E-state index contributed by atoms with van der Waals surface area (Å²) in [5.74, 6) is 0.433. The lowest BCUT2D eigenvalue weighted by molar-refractivity contribution is -0.119. The molecule has 2 heterocycles. The molecule has 3 rings (SSSR count). The van der Waals surface area contributed by atoms with Crippen LogP contribution in [0.3, 0.4) is 0 Å². The predicted molar refractivity (Wildman–Crippen MR) is 115 cm³/mol. The van der Waals surface area contributed by atoms with Gasteiger partial charge >= 0.3 is 0 Å². The van der Waals surface area contributed by atoms with Gasteiger partial charge in [0.2, 0.25) is 5.91 Å². The minimum atomic E-state index is -2.96. The Morgan fingerprint density at radius 2 is 1.93 bits per heavy atom. The van der Waals surface area contributed by atoms with Gasteiger partial charge in [0, 0.05) is 30.0 Å². The van der Waals surface area contributed by atoms with E-state index in [4.69, 9.17) is 0 Å². The molecule has 0 radical (unpaired) electrons. The van der Waals surface area contributed by atoms with Crippen LogP contribution in [0.15, 0.2) is 30.3 Å². The quantitative estimate of drug-likeness (QED) is 0.690. The average molecular weight is 419 g/mol. The van der Waals surface area contributed by atoms with E-state index in [0.717, 1.165) is 22.6 Å². The van der Waals surface area contributed by atoms with Gasteiger partial charge in [0.05, 0.1) is 29.8 Å². The number of likely N-dealkylation sites (N-methyl/N-ethyl adjacent to an activating group) is 2. The van der Waals surface area contributed by atoms with Gasteiger partial charge in [0.15, 0.2) is 9.84 Å². The summed E-state index contributed by atoms with van der Waals surface area (Å²) >= 11 is 0. The van der Waals surface area contributed by atoms with Gasteiger partial charge < -0.3 is 4.90 Å². The number of sulfone groups is 1. The number of benzene rings is 1. The highest BCUT2D eigenvalue weighted by Crippen LogP contribution is 2.27. The van der Waals surface area contributed by atoms with Crippen molar-refractivity contribution in [1.82, 2.24) is 14.7 Å². The van der Waals surface area contributed by atoms with Crippen LogP contribution in [0.1, 0.15) is 36.3 Å². The van der Waals surface area contributed by atoms with Crippen LogP contribution in [0.2, 0.25) is 0 Å². The van der Waals surface area contributed by atoms with E-state index in [1.54, 1.807) is 4.90 Å². The Morgan fingerprint density at radius 1 is 1.24 bits per heavy atom. The highest BCUT2D eigenvalue weighted by Gasteiger charge is 2.31. The first kappa shape index (κ1) is 21.5.